The van der Waals surface area contributed by atoms with Gasteiger partial charge in [0.15, 0.2) is 5.78 Å². The van der Waals surface area contributed by atoms with E-state index in [1.165, 1.54) is 0 Å². The van der Waals surface area contributed by atoms with Crippen LogP contribution in [0, 0.1) is 11.3 Å². The summed E-state index contributed by atoms with van der Waals surface area (Å²) in [6.45, 7) is 6.92. The molecule has 0 amide bonds. The largest absolute Gasteiger partial charge is 0.481 e. The highest BCUT2D eigenvalue weighted by Gasteiger charge is 2.32. The van der Waals surface area contributed by atoms with Crippen molar-refractivity contribution in [3.05, 3.63) is 0 Å². The van der Waals surface area contributed by atoms with Crippen molar-refractivity contribution in [2.45, 2.75) is 34.1 Å². The number of hydrogen-bond acceptors (Lipinski definition) is 2. The zero-order chi connectivity index (χ0) is 9.94. The van der Waals surface area contributed by atoms with Crippen molar-refractivity contribution in [3.8, 4) is 0 Å². The molecule has 1 unspecified atom stereocenters. The second-order valence-corrected chi connectivity index (χ2v) is 3.91. The second kappa shape index (κ2) is 3.70. The molecule has 0 aliphatic rings. The molecular weight excluding hydrogens is 156 g/mol. The Hall–Kier alpha value is -0.860. The van der Waals surface area contributed by atoms with Crippen LogP contribution in [0.3, 0.4) is 0 Å². The molecule has 0 aromatic carbocycles. The lowest BCUT2D eigenvalue weighted by Crippen LogP contribution is -2.32. The van der Waals surface area contributed by atoms with Crippen LogP contribution in [0.5, 0.6) is 0 Å². The van der Waals surface area contributed by atoms with E-state index >= 15 is 0 Å². The molecule has 1 N–H and O–H groups in total. The molecule has 0 saturated carbocycles. The van der Waals surface area contributed by atoms with E-state index in [9.17, 15) is 9.59 Å². The first-order valence-corrected chi connectivity index (χ1v) is 4.07. The molecule has 0 fully saturated rings. The Morgan fingerprint density at radius 1 is 1.33 bits per heavy atom. The molecule has 3 nitrogen and oxygen atoms in total. The maximum atomic E-state index is 11.5. The Kier molecular flexibility index (Phi) is 3.43. The predicted molar refractivity (Wildman–Crippen MR) is 45.9 cm³/mol. The lowest BCUT2D eigenvalue weighted by atomic mass is 9.82. The first-order valence-electron chi connectivity index (χ1n) is 4.07. The Morgan fingerprint density at radius 2 is 1.75 bits per heavy atom. The molecule has 12 heavy (non-hydrogen) atoms. The van der Waals surface area contributed by atoms with Crippen molar-refractivity contribution in [2.75, 3.05) is 0 Å². The van der Waals surface area contributed by atoms with E-state index in [4.69, 9.17) is 5.11 Å². The van der Waals surface area contributed by atoms with Gasteiger partial charge in [-0.2, -0.15) is 0 Å². The number of Topliss-reactive ketones (excluding diaryl/α,β-unsaturated/α-hetero) is 1. The van der Waals surface area contributed by atoms with Gasteiger partial charge in [-0.15, -0.1) is 0 Å². The van der Waals surface area contributed by atoms with Gasteiger partial charge in [0, 0.05) is 5.41 Å². The molecule has 0 aliphatic heterocycles. The standard InChI is InChI=1S/C9H16O3/c1-5-6(8(11)12)7(10)9(2,3)4/h6H,5H2,1-4H3,(H,11,12). The fourth-order valence-corrected chi connectivity index (χ4v) is 0.995. The van der Waals surface area contributed by atoms with Crippen LogP contribution in [0.1, 0.15) is 34.1 Å². The third-order valence-electron chi connectivity index (χ3n) is 1.76. The maximum Gasteiger partial charge on any atom is 0.314 e. The van der Waals surface area contributed by atoms with Crippen molar-refractivity contribution >= 4 is 11.8 Å². The monoisotopic (exact) mass is 172 g/mol. The number of carbonyl (C=O) groups excluding carboxylic acids is 1. The second-order valence-electron chi connectivity index (χ2n) is 3.91. The SMILES string of the molecule is CCC(C(=O)O)C(=O)C(C)(C)C. The van der Waals surface area contributed by atoms with Gasteiger partial charge < -0.3 is 5.11 Å². The third-order valence-corrected chi connectivity index (χ3v) is 1.76. The van der Waals surface area contributed by atoms with Crippen molar-refractivity contribution < 1.29 is 14.7 Å². The zero-order valence-corrected chi connectivity index (χ0v) is 8.05. The lowest BCUT2D eigenvalue weighted by molar-refractivity contribution is -0.149. The molecular formula is C9H16O3. The molecule has 0 spiro atoms. The molecule has 0 saturated heterocycles. The first kappa shape index (κ1) is 11.1. The van der Waals surface area contributed by atoms with E-state index in [1.54, 1.807) is 27.7 Å². The summed E-state index contributed by atoms with van der Waals surface area (Å²) < 4.78 is 0. The van der Waals surface area contributed by atoms with E-state index < -0.39 is 17.3 Å². The van der Waals surface area contributed by atoms with Crippen LogP contribution in [0.25, 0.3) is 0 Å². The number of rotatable bonds is 3. The van der Waals surface area contributed by atoms with E-state index in [1.807, 2.05) is 0 Å². The van der Waals surface area contributed by atoms with Crippen molar-refractivity contribution in [1.82, 2.24) is 0 Å². The van der Waals surface area contributed by atoms with Gasteiger partial charge in [-0.1, -0.05) is 27.7 Å². The molecule has 0 radical (unpaired) electrons. The van der Waals surface area contributed by atoms with Crippen molar-refractivity contribution in [2.24, 2.45) is 11.3 Å². The third kappa shape index (κ3) is 2.64. The molecule has 0 aromatic heterocycles. The minimum atomic E-state index is -1.02. The number of ketones is 1. The van der Waals surface area contributed by atoms with Crippen LogP contribution in [0.15, 0.2) is 0 Å². The van der Waals surface area contributed by atoms with Crippen molar-refractivity contribution in [1.29, 1.82) is 0 Å². The van der Waals surface area contributed by atoms with Gasteiger partial charge in [-0.3, -0.25) is 9.59 Å². The Balaban J connectivity index is 4.55. The van der Waals surface area contributed by atoms with Crippen LogP contribution in [-0.2, 0) is 9.59 Å². The van der Waals surface area contributed by atoms with Gasteiger partial charge in [-0.25, -0.2) is 0 Å². The summed E-state index contributed by atoms with van der Waals surface area (Å²) >= 11 is 0. The topological polar surface area (TPSA) is 54.4 Å². The number of hydrogen-bond donors (Lipinski definition) is 1. The Labute approximate surface area is 72.8 Å². The molecule has 0 aliphatic carbocycles. The summed E-state index contributed by atoms with van der Waals surface area (Å²) in [5.41, 5.74) is -0.556. The van der Waals surface area contributed by atoms with Gasteiger partial charge in [0.05, 0.1) is 0 Å². The summed E-state index contributed by atoms with van der Waals surface area (Å²) in [6.07, 6.45) is 0.367. The predicted octanol–water partition coefficient (Wildman–Crippen LogP) is 1.71. The lowest BCUT2D eigenvalue weighted by Gasteiger charge is -2.20. The summed E-state index contributed by atoms with van der Waals surface area (Å²) in [5, 5.41) is 8.69. The Morgan fingerprint density at radius 3 is 1.83 bits per heavy atom. The normalized spacial score (nSPS) is 14.0. The number of carbonyl (C=O) groups is 2. The van der Waals surface area contributed by atoms with Crippen molar-refractivity contribution in [3.63, 3.8) is 0 Å². The van der Waals surface area contributed by atoms with Crippen LogP contribution in [0.2, 0.25) is 0 Å². The molecule has 1 atom stereocenters. The molecule has 3 heteroatoms. The van der Waals surface area contributed by atoms with E-state index in [-0.39, 0.29) is 5.78 Å². The zero-order valence-electron chi connectivity index (χ0n) is 8.05. The van der Waals surface area contributed by atoms with Gasteiger partial charge in [0.1, 0.15) is 5.92 Å². The highest BCUT2D eigenvalue weighted by molar-refractivity contribution is 6.00. The van der Waals surface area contributed by atoms with E-state index in [0.717, 1.165) is 0 Å². The minimum absolute atomic E-state index is 0.197. The summed E-state index contributed by atoms with van der Waals surface area (Å²) in [6, 6.07) is 0. The fourth-order valence-electron chi connectivity index (χ4n) is 0.995. The Bertz CT molecular complexity index is 188. The van der Waals surface area contributed by atoms with Gasteiger partial charge in [0.2, 0.25) is 0 Å². The van der Waals surface area contributed by atoms with Crippen LogP contribution in [-0.4, -0.2) is 16.9 Å². The number of aliphatic carboxylic acids is 1. The van der Waals surface area contributed by atoms with E-state index in [2.05, 4.69) is 0 Å². The smallest absolute Gasteiger partial charge is 0.314 e. The molecule has 70 valence electrons. The summed E-state index contributed by atoms with van der Waals surface area (Å²) in [5.74, 6) is -2.06. The van der Waals surface area contributed by atoms with Gasteiger partial charge in [-0.05, 0) is 6.42 Å². The van der Waals surface area contributed by atoms with Crippen LogP contribution in [0.4, 0.5) is 0 Å². The molecule has 0 bridgehead atoms. The number of carboxylic acid groups (broad SMARTS) is 1. The summed E-state index contributed by atoms with van der Waals surface area (Å²) in [7, 11) is 0. The van der Waals surface area contributed by atoms with E-state index in [0.29, 0.717) is 6.42 Å². The average Bonchev–Trinajstić information content (AvgIpc) is 1.86. The number of carboxylic acids is 1. The minimum Gasteiger partial charge on any atom is -0.481 e. The van der Waals surface area contributed by atoms with Crippen LogP contribution >= 0.6 is 0 Å². The molecule has 0 heterocycles. The van der Waals surface area contributed by atoms with Gasteiger partial charge in [0.25, 0.3) is 0 Å². The highest BCUT2D eigenvalue weighted by Crippen LogP contribution is 2.22. The quantitative estimate of drug-likeness (QED) is 0.659. The maximum absolute atomic E-state index is 11.5. The molecule has 0 aromatic rings. The first-order chi connectivity index (χ1) is 5.30. The molecule has 0 rings (SSSR count). The van der Waals surface area contributed by atoms with Gasteiger partial charge >= 0.3 is 5.97 Å². The summed E-state index contributed by atoms with van der Waals surface area (Å²) in [4.78, 5) is 22.1. The average molecular weight is 172 g/mol. The van der Waals surface area contributed by atoms with Crippen LogP contribution < -0.4 is 0 Å². The highest BCUT2D eigenvalue weighted by atomic mass is 16.4. The fraction of sp³-hybridized carbons (Fsp3) is 0.778.